The van der Waals surface area contributed by atoms with Crippen LogP contribution in [0.25, 0.3) is 11.1 Å². The van der Waals surface area contributed by atoms with Gasteiger partial charge in [0.2, 0.25) is 0 Å². The molecule has 0 aliphatic heterocycles. The number of phenols is 1. The fraction of sp³-hybridized carbons (Fsp3) is 0. The molecule has 5 heteroatoms. The molecule has 0 aliphatic carbocycles. The zero-order valence-electron chi connectivity index (χ0n) is 9.24. The Balaban J connectivity index is 2.71. The predicted octanol–water partition coefficient (Wildman–Crippen LogP) is 2.78. The third kappa shape index (κ3) is 2.06. The lowest BCUT2D eigenvalue weighted by Gasteiger charge is -2.06. The van der Waals surface area contributed by atoms with Crippen molar-refractivity contribution in [2.45, 2.75) is 0 Å². The van der Waals surface area contributed by atoms with Crippen molar-refractivity contribution >= 4 is 12.0 Å². The van der Waals surface area contributed by atoms with Crippen LogP contribution >= 0.6 is 0 Å². The highest BCUT2D eigenvalue weighted by Crippen LogP contribution is 2.33. The Morgan fingerprint density at radius 3 is 2.33 bits per heavy atom. The minimum Gasteiger partial charge on any atom is -0.508 e. The molecule has 0 aromatic heterocycles. The maximum absolute atomic E-state index is 11.0. The molecule has 5 nitrogen and oxygen atoms in total. The molecule has 2 rings (SSSR count). The summed E-state index contributed by atoms with van der Waals surface area (Å²) < 4.78 is 0. The van der Waals surface area contributed by atoms with Crippen LogP contribution in [0.4, 0.5) is 5.69 Å². The Morgan fingerprint density at radius 2 is 1.78 bits per heavy atom. The average Bonchev–Trinajstić information content (AvgIpc) is 2.38. The van der Waals surface area contributed by atoms with Crippen LogP contribution in [-0.4, -0.2) is 16.3 Å². The van der Waals surface area contributed by atoms with Crippen LogP contribution in [0.15, 0.2) is 42.5 Å². The van der Waals surface area contributed by atoms with E-state index >= 15 is 0 Å². The summed E-state index contributed by atoms with van der Waals surface area (Å²) in [6.45, 7) is 0. The number of nitro groups is 1. The summed E-state index contributed by atoms with van der Waals surface area (Å²) in [4.78, 5) is 21.4. The summed E-state index contributed by atoms with van der Waals surface area (Å²) >= 11 is 0. The lowest BCUT2D eigenvalue weighted by Crippen LogP contribution is -1.96. The van der Waals surface area contributed by atoms with Crippen LogP contribution in [0.5, 0.6) is 5.75 Å². The number of phenolic OH excluding ortho intramolecular Hbond substituents is 1. The first kappa shape index (κ1) is 11.8. The number of carbonyl (C=O) groups is 1. The number of aldehydes is 1. The second-order valence-corrected chi connectivity index (χ2v) is 3.66. The van der Waals surface area contributed by atoms with E-state index < -0.39 is 4.92 Å². The van der Waals surface area contributed by atoms with Crippen LogP contribution in [0.1, 0.15) is 10.4 Å². The Kier molecular flexibility index (Phi) is 3.05. The largest absolute Gasteiger partial charge is 0.508 e. The molecular weight excluding hydrogens is 234 g/mol. The van der Waals surface area contributed by atoms with Crippen molar-refractivity contribution in [3.8, 4) is 16.9 Å². The van der Waals surface area contributed by atoms with E-state index in [2.05, 4.69) is 0 Å². The molecule has 0 amide bonds. The number of nitrogens with zero attached hydrogens (tertiary/aromatic N) is 1. The molecule has 0 spiro atoms. The molecule has 0 saturated heterocycles. The van der Waals surface area contributed by atoms with Crippen LogP contribution in [-0.2, 0) is 0 Å². The van der Waals surface area contributed by atoms with Gasteiger partial charge in [-0.1, -0.05) is 24.3 Å². The van der Waals surface area contributed by atoms with Gasteiger partial charge < -0.3 is 5.11 Å². The second kappa shape index (κ2) is 4.67. The van der Waals surface area contributed by atoms with Crippen molar-refractivity contribution in [3.63, 3.8) is 0 Å². The van der Waals surface area contributed by atoms with Crippen molar-refractivity contribution < 1.29 is 14.8 Å². The number of hydrogen-bond acceptors (Lipinski definition) is 4. The molecule has 0 bridgehead atoms. The summed E-state index contributed by atoms with van der Waals surface area (Å²) in [6.07, 6.45) is 0.579. The van der Waals surface area contributed by atoms with E-state index in [9.17, 15) is 20.0 Å². The van der Waals surface area contributed by atoms with Gasteiger partial charge in [-0.05, 0) is 17.7 Å². The normalized spacial score (nSPS) is 10.0. The quantitative estimate of drug-likeness (QED) is 0.510. The monoisotopic (exact) mass is 243 g/mol. The van der Waals surface area contributed by atoms with Gasteiger partial charge in [-0.15, -0.1) is 0 Å². The minimum absolute atomic E-state index is 0.0602. The summed E-state index contributed by atoms with van der Waals surface area (Å²) in [7, 11) is 0. The highest BCUT2D eigenvalue weighted by Gasteiger charge is 2.18. The zero-order chi connectivity index (χ0) is 13.1. The molecule has 0 unspecified atom stereocenters. The van der Waals surface area contributed by atoms with Crippen LogP contribution < -0.4 is 0 Å². The van der Waals surface area contributed by atoms with Crippen LogP contribution in [0, 0.1) is 10.1 Å². The first-order valence-corrected chi connectivity index (χ1v) is 5.15. The standard InChI is InChI=1S/C13H9NO4/c15-8-10-2-1-3-12(14(17)18)13(10)9-4-6-11(16)7-5-9/h1-8,16H. The fourth-order valence-corrected chi connectivity index (χ4v) is 1.75. The van der Waals surface area contributed by atoms with E-state index in [1.165, 1.54) is 42.5 Å². The molecule has 0 radical (unpaired) electrons. The van der Waals surface area contributed by atoms with Gasteiger partial charge in [0.15, 0.2) is 6.29 Å². The molecule has 0 aliphatic rings. The maximum Gasteiger partial charge on any atom is 0.277 e. The Bertz CT molecular complexity index is 605. The van der Waals surface area contributed by atoms with E-state index in [1.54, 1.807) is 0 Å². The molecule has 1 N–H and O–H groups in total. The van der Waals surface area contributed by atoms with Crippen molar-refractivity contribution in [3.05, 3.63) is 58.1 Å². The first-order valence-electron chi connectivity index (χ1n) is 5.15. The van der Waals surface area contributed by atoms with Gasteiger partial charge in [0.1, 0.15) is 5.75 Å². The molecule has 2 aromatic rings. The van der Waals surface area contributed by atoms with Crippen molar-refractivity contribution in [1.82, 2.24) is 0 Å². The summed E-state index contributed by atoms with van der Waals surface area (Å²) in [5.74, 6) is 0.0602. The summed E-state index contributed by atoms with van der Waals surface area (Å²) in [5.41, 5.74) is 0.889. The molecule has 0 fully saturated rings. The SMILES string of the molecule is O=Cc1cccc([N+](=O)[O-])c1-c1ccc(O)cc1. The van der Waals surface area contributed by atoms with Gasteiger partial charge in [0.25, 0.3) is 5.69 Å². The van der Waals surface area contributed by atoms with Crippen molar-refractivity contribution in [2.24, 2.45) is 0 Å². The zero-order valence-corrected chi connectivity index (χ0v) is 9.24. The van der Waals surface area contributed by atoms with Crippen molar-refractivity contribution in [1.29, 1.82) is 0 Å². The van der Waals surface area contributed by atoms with E-state index in [0.717, 1.165) is 0 Å². The fourth-order valence-electron chi connectivity index (χ4n) is 1.75. The Labute approximate surface area is 102 Å². The third-order valence-corrected chi connectivity index (χ3v) is 2.55. The van der Waals surface area contributed by atoms with Crippen molar-refractivity contribution in [2.75, 3.05) is 0 Å². The third-order valence-electron chi connectivity index (χ3n) is 2.55. The highest BCUT2D eigenvalue weighted by atomic mass is 16.6. The molecule has 90 valence electrons. The summed E-state index contributed by atoms with van der Waals surface area (Å²) in [5, 5.41) is 20.2. The number of hydrogen-bond donors (Lipinski definition) is 1. The lowest BCUT2D eigenvalue weighted by molar-refractivity contribution is -0.384. The molecule has 18 heavy (non-hydrogen) atoms. The Hall–Kier alpha value is -2.69. The minimum atomic E-state index is -0.533. The van der Waals surface area contributed by atoms with Gasteiger partial charge in [-0.2, -0.15) is 0 Å². The lowest BCUT2D eigenvalue weighted by atomic mass is 9.98. The van der Waals surface area contributed by atoms with Gasteiger partial charge in [0.05, 0.1) is 10.5 Å². The second-order valence-electron chi connectivity index (χ2n) is 3.66. The number of rotatable bonds is 3. The van der Waals surface area contributed by atoms with E-state index in [-0.39, 0.29) is 22.6 Å². The van der Waals surface area contributed by atoms with E-state index in [1.807, 2.05) is 0 Å². The number of nitro benzene ring substituents is 1. The number of aromatic hydroxyl groups is 1. The van der Waals surface area contributed by atoms with Gasteiger partial charge in [-0.3, -0.25) is 14.9 Å². The molecule has 0 atom stereocenters. The molecule has 2 aromatic carbocycles. The molecule has 0 saturated carbocycles. The van der Waals surface area contributed by atoms with E-state index in [0.29, 0.717) is 11.8 Å². The van der Waals surface area contributed by atoms with E-state index in [4.69, 9.17) is 0 Å². The Morgan fingerprint density at radius 1 is 1.11 bits per heavy atom. The number of carbonyl (C=O) groups excluding carboxylic acids is 1. The van der Waals surface area contributed by atoms with Gasteiger partial charge in [0, 0.05) is 11.6 Å². The van der Waals surface area contributed by atoms with Gasteiger partial charge >= 0.3 is 0 Å². The van der Waals surface area contributed by atoms with Gasteiger partial charge in [-0.25, -0.2) is 0 Å². The maximum atomic E-state index is 11.0. The number of benzene rings is 2. The molecule has 0 heterocycles. The summed E-state index contributed by atoms with van der Waals surface area (Å²) in [6, 6.07) is 10.2. The highest BCUT2D eigenvalue weighted by molar-refractivity contribution is 5.92. The first-order chi connectivity index (χ1) is 8.63. The topological polar surface area (TPSA) is 80.4 Å². The van der Waals surface area contributed by atoms with Crippen LogP contribution in [0.3, 0.4) is 0 Å². The smallest absolute Gasteiger partial charge is 0.277 e. The van der Waals surface area contributed by atoms with Crippen LogP contribution in [0.2, 0.25) is 0 Å². The average molecular weight is 243 g/mol. The predicted molar refractivity (Wildman–Crippen MR) is 65.6 cm³/mol. The molecular formula is C13H9NO4.